The maximum atomic E-state index is 13.0. The molecule has 0 saturated heterocycles. The van der Waals surface area contributed by atoms with Crippen LogP contribution in [0.4, 0.5) is 4.39 Å². The summed E-state index contributed by atoms with van der Waals surface area (Å²) in [7, 11) is 0. The number of halogens is 2. The topological polar surface area (TPSA) is 20.2 Å². The van der Waals surface area contributed by atoms with Crippen LogP contribution in [0.25, 0.3) is 0 Å². The molecule has 1 N–H and O–H groups in total. The van der Waals surface area contributed by atoms with Gasteiger partial charge in [-0.3, -0.25) is 0 Å². The number of benzene rings is 1. The van der Waals surface area contributed by atoms with E-state index in [-0.39, 0.29) is 11.9 Å². The summed E-state index contributed by atoms with van der Waals surface area (Å²) in [5, 5.41) is 9.66. The van der Waals surface area contributed by atoms with Crippen LogP contribution in [0.2, 0.25) is 0 Å². The zero-order chi connectivity index (χ0) is 11.3. The van der Waals surface area contributed by atoms with E-state index in [1.54, 1.807) is 11.8 Å². The third-order valence-corrected chi connectivity index (χ3v) is 3.15. The van der Waals surface area contributed by atoms with Crippen molar-refractivity contribution in [2.45, 2.75) is 18.9 Å². The van der Waals surface area contributed by atoms with Gasteiger partial charge in [-0.1, -0.05) is 15.9 Å². The van der Waals surface area contributed by atoms with E-state index >= 15 is 0 Å². The van der Waals surface area contributed by atoms with Gasteiger partial charge in [-0.2, -0.15) is 11.8 Å². The van der Waals surface area contributed by atoms with Gasteiger partial charge in [0.05, 0.1) is 6.10 Å². The van der Waals surface area contributed by atoms with Crippen molar-refractivity contribution in [1.29, 1.82) is 0 Å². The molecule has 0 radical (unpaired) electrons. The van der Waals surface area contributed by atoms with Crippen LogP contribution < -0.4 is 0 Å². The number of rotatable bonds is 5. The van der Waals surface area contributed by atoms with Gasteiger partial charge >= 0.3 is 0 Å². The summed E-state index contributed by atoms with van der Waals surface area (Å²) in [5.74, 6) is 0.661. The second kappa shape index (κ2) is 6.51. The van der Waals surface area contributed by atoms with Gasteiger partial charge in [0.15, 0.2) is 0 Å². The second-order valence-corrected chi connectivity index (χ2v) is 5.32. The van der Waals surface area contributed by atoms with Gasteiger partial charge in [-0.15, -0.1) is 0 Å². The number of hydrogen-bond acceptors (Lipinski definition) is 2. The van der Waals surface area contributed by atoms with Crippen LogP contribution >= 0.6 is 27.7 Å². The highest BCUT2D eigenvalue weighted by atomic mass is 79.9. The van der Waals surface area contributed by atoms with Gasteiger partial charge in [-0.25, -0.2) is 4.39 Å². The fourth-order valence-corrected chi connectivity index (χ4v) is 2.38. The highest BCUT2D eigenvalue weighted by Crippen LogP contribution is 2.17. The maximum absolute atomic E-state index is 13.0. The SMILES string of the molecule is CSCCC(O)Cc1cc(F)cc(Br)c1. The molecule has 84 valence electrons. The van der Waals surface area contributed by atoms with E-state index in [0.29, 0.717) is 6.42 Å². The molecule has 0 amide bonds. The van der Waals surface area contributed by atoms with Gasteiger partial charge in [0.2, 0.25) is 0 Å². The molecule has 1 aromatic rings. The maximum Gasteiger partial charge on any atom is 0.124 e. The quantitative estimate of drug-likeness (QED) is 0.899. The molecular formula is C11H14BrFOS. The minimum absolute atomic E-state index is 0.267. The molecule has 0 aliphatic rings. The molecule has 15 heavy (non-hydrogen) atoms. The molecular weight excluding hydrogens is 279 g/mol. The normalized spacial score (nSPS) is 12.8. The van der Waals surface area contributed by atoms with E-state index in [2.05, 4.69) is 15.9 Å². The Labute approximate surface area is 102 Å². The first kappa shape index (κ1) is 13.0. The number of hydrogen-bond donors (Lipinski definition) is 1. The molecule has 4 heteroatoms. The molecule has 1 aromatic carbocycles. The first-order chi connectivity index (χ1) is 7.11. The van der Waals surface area contributed by atoms with E-state index in [1.165, 1.54) is 12.1 Å². The first-order valence-electron chi connectivity index (χ1n) is 4.74. The molecule has 1 nitrogen and oxygen atoms in total. The summed E-state index contributed by atoms with van der Waals surface area (Å²) in [6.45, 7) is 0. The van der Waals surface area contributed by atoms with E-state index in [1.807, 2.05) is 12.3 Å². The van der Waals surface area contributed by atoms with Crippen LogP contribution in [-0.4, -0.2) is 23.2 Å². The van der Waals surface area contributed by atoms with Crippen molar-refractivity contribution in [3.63, 3.8) is 0 Å². The number of thioether (sulfide) groups is 1. The number of aliphatic hydroxyl groups excluding tert-OH is 1. The van der Waals surface area contributed by atoms with Crippen molar-refractivity contribution in [3.8, 4) is 0 Å². The Hall–Kier alpha value is -0.0600. The largest absolute Gasteiger partial charge is 0.393 e. The van der Waals surface area contributed by atoms with Gasteiger partial charge in [0.1, 0.15) is 5.82 Å². The average Bonchev–Trinajstić information content (AvgIpc) is 2.13. The van der Waals surface area contributed by atoms with Crippen molar-refractivity contribution in [3.05, 3.63) is 34.1 Å². The zero-order valence-corrected chi connectivity index (χ0v) is 10.9. The smallest absolute Gasteiger partial charge is 0.124 e. The highest BCUT2D eigenvalue weighted by Gasteiger charge is 2.06. The Kier molecular flexibility index (Phi) is 5.64. The van der Waals surface area contributed by atoms with Crippen LogP contribution in [0.1, 0.15) is 12.0 Å². The van der Waals surface area contributed by atoms with Crippen molar-refractivity contribution < 1.29 is 9.50 Å². The van der Waals surface area contributed by atoms with Crippen molar-refractivity contribution >= 4 is 27.7 Å². The zero-order valence-electron chi connectivity index (χ0n) is 8.54. The van der Waals surface area contributed by atoms with E-state index in [0.717, 1.165) is 22.2 Å². The summed E-state index contributed by atoms with van der Waals surface area (Å²) in [4.78, 5) is 0. The van der Waals surface area contributed by atoms with E-state index in [4.69, 9.17) is 0 Å². The van der Waals surface area contributed by atoms with Crippen molar-refractivity contribution in [1.82, 2.24) is 0 Å². The second-order valence-electron chi connectivity index (χ2n) is 3.42. The molecule has 0 heterocycles. The van der Waals surface area contributed by atoms with E-state index in [9.17, 15) is 9.50 Å². The molecule has 0 fully saturated rings. The van der Waals surface area contributed by atoms with Crippen LogP contribution in [0.15, 0.2) is 22.7 Å². The fraction of sp³-hybridized carbons (Fsp3) is 0.455. The van der Waals surface area contributed by atoms with Crippen LogP contribution in [0, 0.1) is 5.82 Å². The molecule has 0 aliphatic heterocycles. The molecule has 1 atom stereocenters. The van der Waals surface area contributed by atoms with Crippen LogP contribution in [-0.2, 0) is 6.42 Å². The predicted molar refractivity (Wildman–Crippen MR) is 66.8 cm³/mol. The summed E-state index contributed by atoms with van der Waals surface area (Å²) in [6, 6.07) is 4.72. The molecule has 1 rings (SSSR count). The van der Waals surface area contributed by atoms with Gasteiger partial charge in [-0.05, 0) is 48.6 Å². The van der Waals surface area contributed by atoms with Crippen molar-refractivity contribution in [2.24, 2.45) is 0 Å². The molecule has 1 unspecified atom stereocenters. The lowest BCUT2D eigenvalue weighted by Gasteiger charge is -2.10. The summed E-state index contributed by atoms with van der Waals surface area (Å²) in [6.07, 6.45) is 2.88. The lowest BCUT2D eigenvalue weighted by Crippen LogP contribution is -2.11. The fourth-order valence-electron chi connectivity index (χ4n) is 1.36. The average molecular weight is 293 g/mol. The Morgan fingerprint density at radius 1 is 1.47 bits per heavy atom. The van der Waals surface area contributed by atoms with Crippen LogP contribution in [0.5, 0.6) is 0 Å². The molecule has 0 saturated carbocycles. The van der Waals surface area contributed by atoms with Gasteiger partial charge in [0.25, 0.3) is 0 Å². The Bertz CT molecular complexity index is 299. The summed E-state index contributed by atoms with van der Waals surface area (Å²) < 4.78 is 13.7. The lowest BCUT2D eigenvalue weighted by molar-refractivity contribution is 0.172. The monoisotopic (exact) mass is 292 g/mol. The lowest BCUT2D eigenvalue weighted by atomic mass is 10.1. The van der Waals surface area contributed by atoms with Gasteiger partial charge in [0, 0.05) is 4.47 Å². The molecule has 0 aliphatic carbocycles. The molecule has 0 aromatic heterocycles. The minimum Gasteiger partial charge on any atom is -0.393 e. The summed E-state index contributed by atoms with van der Waals surface area (Å²) in [5.41, 5.74) is 0.829. The minimum atomic E-state index is -0.383. The van der Waals surface area contributed by atoms with Crippen LogP contribution in [0.3, 0.4) is 0 Å². The van der Waals surface area contributed by atoms with E-state index < -0.39 is 0 Å². The predicted octanol–water partition coefficient (Wildman–Crippen LogP) is 3.24. The number of aliphatic hydroxyl groups is 1. The molecule has 0 spiro atoms. The highest BCUT2D eigenvalue weighted by molar-refractivity contribution is 9.10. The Balaban J connectivity index is 2.56. The summed E-state index contributed by atoms with van der Waals surface area (Å²) >= 11 is 4.93. The third-order valence-electron chi connectivity index (χ3n) is 2.05. The van der Waals surface area contributed by atoms with Gasteiger partial charge < -0.3 is 5.11 Å². The Morgan fingerprint density at radius 2 is 2.20 bits per heavy atom. The Morgan fingerprint density at radius 3 is 2.80 bits per heavy atom. The third kappa shape index (κ3) is 5.00. The van der Waals surface area contributed by atoms with Crippen molar-refractivity contribution in [2.75, 3.05) is 12.0 Å². The standard InChI is InChI=1S/C11H14BrFOS/c1-15-3-2-11(14)6-8-4-9(12)7-10(13)5-8/h4-5,7,11,14H,2-3,6H2,1H3. The molecule has 0 bridgehead atoms. The first-order valence-corrected chi connectivity index (χ1v) is 6.92.